The van der Waals surface area contributed by atoms with Gasteiger partial charge in [-0.05, 0) is 42.4 Å². The maximum absolute atomic E-state index is 11.0. The highest BCUT2D eigenvalue weighted by atomic mass is 32.1. The molecule has 0 radical (unpaired) electrons. The van der Waals surface area contributed by atoms with Gasteiger partial charge in [0.15, 0.2) is 5.11 Å². The summed E-state index contributed by atoms with van der Waals surface area (Å²) in [4.78, 5) is 11.0. The molecule has 0 aliphatic heterocycles. The molecule has 2 aromatic carbocycles. The Labute approximate surface area is 128 Å². The van der Waals surface area contributed by atoms with Gasteiger partial charge in [0, 0.05) is 12.2 Å². The number of carboxylic acids is 1. The van der Waals surface area contributed by atoms with Crippen LogP contribution in [0.4, 0.5) is 5.69 Å². The van der Waals surface area contributed by atoms with E-state index in [1.807, 2.05) is 37.3 Å². The van der Waals surface area contributed by atoms with E-state index in [1.165, 1.54) is 0 Å². The molecule has 0 aliphatic carbocycles. The third-order valence-corrected chi connectivity index (χ3v) is 3.28. The van der Waals surface area contributed by atoms with Crippen molar-refractivity contribution in [2.75, 3.05) is 5.32 Å². The van der Waals surface area contributed by atoms with Gasteiger partial charge in [0.05, 0.1) is 5.56 Å². The van der Waals surface area contributed by atoms with Crippen LogP contribution in [0.3, 0.4) is 0 Å². The topological polar surface area (TPSA) is 61.4 Å². The second-order valence-corrected chi connectivity index (χ2v) is 5.04. The normalized spacial score (nSPS) is 9.95. The standard InChI is InChI=1S/C16H16N2O2S/c1-11-7-8-13(15(19)20)9-14(11)18-16(21)17-10-12-5-3-2-4-6-12/h2-9H,10H2,1H3,(H,19,20)(H2,17,18,21). The van der Waals surface area contributed by atoms with Crippen LogP contribution < -0.4 is 10.6 Å². The number of carbonyl (C=O) groups is 1. The summed E-state index contributed by atoms with van der Waals surface area (Å²) in [6.07, 6.45) is 0. The number of rotatable bonds is 4. The summed E-state index contributed by atoms with van der Waals surface area (Å²) in [6.45, 7) is 2.51. The van der Waals surface area contributed by atoms with Crippen molar-refractivity contribution >= 4 is 29.0 Å². The van der Waals surface area contributed by atoms with E-state index in [1.54, 1.807) is 18.2 Å². The molecule has 0 spiro atoms. The molecule has 21 heavy (non-hydrogen) atoms. The number of aromatic carboxylic acids is 1. The van der Waals surface area contributed by atoms with Gasteiger partial charge < -0.3 is 15.7 Å². The molecule has 3 N–H and O–H groups in total. The minimum atomic E-state index is -0.957. The highest BCUT2D eigenvalue weighted by molar-refractivity contribution is 7.80. The second-order valence-electron chi connectivity index (χ2n) is 4.63. The summed E-state index contributed by atoms with van der Waals surface area (Å²) in [6, 6.07) is 14.8. The molecule has 2 rings (SSSR count). The molecule has 0 saturated carbocycles. The minimum Gasteiger partial charge on any atom is -0.478 e. The lowest BCUT2D eigenvalue weighted by Gasteiger charge is -2.13. The first kappa shape index (κ1) is 15.0. The van der Waals surface area contributed by atoms with E-state index in [0.717, 1.165) is 11.1 Å². The van der Waals surface area contributed by atoms with Crippen molar-refractivity contribution < 1.29 is 9.90 Å². The molecular weight excluding hydrogens is 284 g/mol. The number of anilines is 1. The van der Waals surface area contributed by atoms with Crippen LogP contribution in [-0.2, 0) is 6.54 Å². The lowest BCUT2D eigenvalue weighted by Crippen LogP contribution is -2.28. The van der Waals surface area contributed by atoms with Crippen molar-refractivity contribution in [3.05, 3.63) is 65.2 Å². The number of aryl methyl sites for hydroxylation is 1. The first-order chi connectivity index (χ1) is 10.1. The lowest BCUT2D eigenvalue weighted by atomic mass is 10.1. The SMILES string of the molecule is Cc1ccc(C(=O)O)cc1NC(=S)NCc1ccccc1. The van der Waals surface area contributed by atoms with Crippen molar-refractivity contribution in [1.29, 1.82) is 0 Å². The van der Waals surface area contributed by atoms with Crippen LogP contribution in [0.5, 0.6) is 0 Å². The Morgan fingerprint density at radius 2 is 1.90 bits per heavy atom. The van der Waals surface area contributed by atoms with Gasteiger partial charge in [0.1, 0.15) is 0 Å². The van der Waals surface area contributed by atoms with Crippen molar-refractivity contribution in [3.8, 4) is 0 Å². The molecule has 0 aromatic heterocycles. The average Bonchev–Trinajstić information content (AvgIpc) is 2.48. The van der Waals surface area contributed by atoms with Gasteiger partial charge in [-0.25, -0.2) is 4.79 Å². The Kier molecular flexibility index (Phi) is 4.90. The molecule has 0 fully saturated rings. The fourth-order valence-corrected chi connectivity index (χ4v) is 2.02. The first-order valence-corrected chi connectivity index (χ1v) is 6.90. The van der Waals surface area contributed by atoms with Gasteiger partial charge in [-0.2, -0.15) is 0 Å². The van der Waals surface area contributed by atoms with Crippen LogP contribution in [0.1, 0.15) is 21.5 Å². The predicted octanol–water partition coefficient (Wildman–Crippen LogP) is 3.18. The van der Waals surface area contributed by atoms with E-state index in [4.69, 9.17) is 17.3 Å². The Hall–Kier alpha value is -2.40. The largest absolute Gasteiger partial charge is 0.478 e. The third kappa shape index (κ3) is 4.29. The van der Waals surface area contributed by atoms with Crippen molar-refractivity contribution in [2.24, 2.45) is 0 Å². The summed E-state index contributed by atoms with van der Waals surface area (Å²) < 4.78 is 0. The van der Waals surface area contributed by atoms with Gasteiger partial charge in [-0.15, -0.1) is 0 Å². The van der Waals surface area contributed by atoms with Gasteiger partial charge in [-0.3, -0.25) is 0 Å². The van der Waals surface area contributed by atoms with Crippen LogP contribution in [0.15, 0.2) is 48.5 Å². The molecular formula is C16H16N2O2S. The fraction of sp³-hybridized carbons (Fsp3) is 0.125. The molecule has 0 unspecified atom stereocenters. The van der Waals surface area contributed by atoms with Gasteiger partial charge in [0.2, 0.25) is 0 Å². The summed E-state index contributed by atoms with van der Waals surface area (Å²) in [5.74, 6) is -0.957. The fourth-order valence-electron chi connectivity index (χ4n) is 1.83. The number of carboxylic acid groups (broad SMARTS) is 1. The minimum absolute atomic E-state index is 0.231. The van der Waals surface area contributed by atoms with Crippen molar-refractivity contribution in [1.82, 2.24) is 5.32 Å². The predicted molar refractivity (Wildman–Crippen MR) is 87.6 cm³/mol. The highest BCUT2D eigenvalue weighted by Gasteiger charge is 2.07. The van der Waals surface area contributed by atoms with Crippen LogP contribution in [0.2, 0.25) is 0 Å². The number of hydrogen-bond acceptors (Lipinski definition) is 2. The number of thiocarbonyl (C=S) groups is 1. The summed E-state index contributed by atoms with van der Waals surface area (Å²) >= 11 is 5.23. The Morgan fingerprint density at radius 1 is 1.19 bits per heavy atom. The average molecular weight is 300 g/mol. The smallest absolute Gasteiger partial charge is 0.335 e. The molecule has 108 valence electrons. The molecule has 0 aliphatic rings. The van der Waals surface area contributed by atoms with E-state index in [2.05, 4.69) is 10.6 Å². The van der Waals surface area contributed by atoms with E-state index in [9.17, 15) is 4.79 Å². The van der Waals surface area contributed by atoms with E-state index in [-0.39, 0.29) is 5.56 Å². The van der Waals surface area contributed by atoms with Crippen molar-refractivity contribution in [2.45, 2.75) is 13.5 Å². The van der Waals surface area contributed by atoms with Gasteiger partial charge in [-0.1, -0.05) is 36.4 Å². The van der Waals surface area contributed by atoms with Crippen LogP contribution in [0, 0.1) is 6.92 Å². The third-order valence-electron chi connectivity index (χ3n) is 3.03. The number of benzene rings is 2. The zero-order valence-electron chi connectivity index (χ0n) is 11.6. The Bertz CT molecular complexity index is 657. The first-order valence-electron chi connectivity index (χ1n) is 6.49. The maximum atomic E-state index is 11.0. The Morgan fingerprint density at radius 3 is 2.57 bits per heavy atom. The molecule has 2 aromatic rings. The zero-order valence-corrected chi connectivity index (χ0v) is 12.4. The summed E-state index contributed by atoms with van der Waals surface area (Å²) in [7, 11) is 0. The van der Waals surface area contributed by atoms with Gasteiger partial charge in [0.25, 0.3) is 0 Å². The molecule has 0 amide bonds. The highest BCUT2D eigenvalue weighted by Crippen LogP contribution is 2.17. The van der Waals surface area contributed by atoms with Crippen LogP contribution >= 0.6 is 12.2 Å². The zero-order chi connectivity index (χ0) is 15.2. The summed E-state index contributed by atoms with van der Waals surface area (Å²) in [5, 5.41) is 15.6. The van der Waals surface area contributed by atoms with E-state index in [0.29, 0.717) is 17.3 Å². The maximum Gasteiger partial charge on any atom is 0.335 e. The lowest BCUT2D eigenvalue weighted by molar-refractivity contribution is 0.0697. The van der Waals surface area contributed by atoms with E-state index < -0.39 is 5.97 Å². The van der Waals surface area contributed by atoms with Crippen LogP contribution in [-0.4, -0.2) is 16.2 Å². The monoisotopic (exact) mass is 300 g/mol. The van der Waals surface area contributed by atoms with Crippen LogP contribution in [0.25, 0.3) is 0 Å². The number of hydrogen-bond donors (Lipinski definition) is 3. The molecule has 0 atom stereocenters. The van der Waals surface area contributed by atoms with Gasteiger partial charge >= 0.3 is 5.97 Å². The quantitative estimate of drug-likeness (QED) is 0.757. The molecule has 0 saturated heterocycles. The number of nitrogens with one attached hydrogen (secondary N) is 2. The van der Waals surface area contributed by atoms with E-state index >= 15 is 0 Å². The van der Waals surface area contributed by atoms with Crippen molar-refractivity contribution in [3.63, 3.8) is 0 Å². The molecule has 4 nitrogen and oxygen atoms in total. The summed E-state index contributed by atoms with van der Waals surface area (Å²) in [5.41, 5.74) is 2.98. The molecule has 5 heteroatoms. The molecule has 0 heterocycles. The molecule has 0 bridgehead atoms. The second kappa shape index (κ2) is 6.85. The Balaban J connectivity index is 1.99.